The maximum absolute atomic E-state index is 6.06. The lowest BCUT2D eigenvalue weighted by Crippen LogP contribution is -2.28. The molecular weight excluding hydrogens is 230 g/mol. The van der Waals surface area contributed by atoms with Crippen molar-refractivity contribution in [2.45, 2.75) is 59.6 Å². The van der Waals surface area contributed by atoms with Gasteiger partial charge in [-0.05, 0) is 18.3 Å². The zero-order valence-electron chi connectivity index (χ0n) is 11.9. The van der Waals surface area contributed by atoms with E-state index in [0.717, 1.165) is 12.8 Å². The fraction of sp³-hybridized carbons (Fsp3) is 0.846. The number of hydrogen-bond acceptors (Lipinski definition) is 5. The lowest BCUT2D eigenvalue weighted by atomic mass is 9.87. The van der Waals surface area contributed by atoms with Crippen LogP contribution < -0.4 is 5.73 Å². The number of rotatable bonds is 7. The lowest BCUT2D eigenvalue weighted by molar-refractivity contribution is 0.114. The van der Waals surface area contributed by atoms with Crippen LogP contribution in [0.25, 0.3) is 0 Å². The van der Waals surface area contributed by atoms with E-state index >= 15 is 0 Å². The van der Waals surface area contributed by atoms with Crippen LogP contribution in [0, 0.1) is 5.41 Å². The van der Waals surface area contributed by atoms with Crippen LogP contribution in [0.3, 0.4) is 0 Å². The Hall–Kier alpha value is -0.940. The molecule has 0 saturated heterocycles. The molecule has 0 radical (unpaired) electrons. The second kappa shape index (κ2) is 6.85. The predicted molar refractivity (Wildman–Crippen MR) is 70.0 cm³/mol. The van der Waals surface area contributed by atoms with Gasteiger partial charge in [-0.25, -0.2) is 0 Å². The normalized spacial score (nSPS) is 13.8. The van der Waals surface area contributed by atoms with Crippen molar-refractivity contribution in [2.75, 3.05) is 6.61 Å². The Kier molecular flexibility index (Phi) is 5.75. The van der Waals surface area contributed by atoms with E-state index in [1.807, 2.05) is 0 Å². The van der Waals surface area contributed by atoms with E-state index in [1.165, 1.54) is 0 Å². The van der Waals surface area contributed by atoms with Gasteiger partial charge in [0.05, 0.1) is 0 Å². The lowest BCUT2D eigenvalue weighted by Gasteiger charge is -2.21. The van der Waals surface area contributed by atoms with Gasteiger partial charge in [0, 0.05) is 19.1 Å². The van der Waals surface area contributed by atoms with Gasteiger partial charge in [-0.2, -0.15) is 4.98 Å². The molecule has 0 saturated carbocycles. The molecule has 0 aliphatic rings. The Bertz CT molecular complexity index is 344. The summed E-state index contributed by atoms with van der Waals surface area (Å²) in [5.74, 6) is 1.20. The highest BCUT2D eigenvalue weighted by atomic mass is 16.5. The molecule has 0 aromatic carbocycles. The third-order valence-corrected chi connectivity index (χ3v) is 2.40. The highest BCUT2D eigenvalue weighted by Crippen LogP contribution is 2.21. The summed E-state index contributed by atoms with van der Waals surface area (Å²) < 4.78 is 10.5. The SMILES string of the molecule is CCCOCc1noc(CC(N)CC(C)(C)C)n1. The maximum Gasteiger partial charge on any atom is 0.228 e. The highest BCUT2D eigenvalue weighted by molar-refractivity contribution is 4.88. The van der Waals surface area contributed by atoms with Crippen LogP contribution in [0.4, 0.5) is 0 Å². The van der Waals surface area contributed by atoms with Crippen molar-refractivity contribution >= 4 is 0 Å². The predicted octanol–water partition coefficient (Wildman–Crippen LogP) is 2.30. The Morgan fingerprint density at radius 1 is 1.39 bits per heavy atom. The van der Waals surface area contributed by atoms with Crippen molar-refractivity contribution in [3.63, 3.8) is 0 Å². The minimum absolute atomic E-state index is 0.0508. The summed E-state index contributed by atoms with van der Waals surface area (Å²) in [7, 11) is 0. The van der Waals surface area contributed by atoms with Gasteiger partial charge < -0.3 is 15.0 Å². The van der Waals surface area contributed by atoms with E-state index in [2.05, 4.69) is 37.8 Å². The van der Waals surface area contributed by atoms with Gasteiger partial charge in [-0.15, -0.1) is 0 Å². The fourth-order valence-corrected chi connectivity index (χ4v) is 1.82. The topological polar surface area (TPSA) is 74.2 Å². The Morgan fingerprint density at radius 3 is 2.72 bits per heavy atom. The number of hydrogen-bond donors (Lipinski definition) is 1. The fourth-order valence-electron chi connectivity index (χ4n) is 1.82. The first-order valence-corrected chi connectivity index (χ1v) is 6.55. The Labute approximate surface area is 109 Å². The second-order valence-corrected chi connectivity index (χ2v) is 5.89. The van der Waals surface area contributed by atoms with E-state index in [4.69, 9.17) is 15.0 Å². The molecule has 0 spiro atoms. The smallest absolute Gasteiger partial charge is 0.228 e. The van der Waals surface area contributed by atoms with Crippen molar-refractivity contribution < 1.29 is 9.26 Å². The number of nitrogens with zero attached hydrogens (tertiary/aromatic N) is 2. The van der Waals surface area contributed by atoms with Gasteiger partial charge in [0.25, 0.3) is 0 Å². The van der Waals surface area contributed by atoms with Crippen LogP contribution in [0.1, 0.15) is 52.3 Å². The summed E-state index contributed by atoms with van der Waals surface area (Å²) in [5, 5.41) is 3.87. The molecular formula is C13H25N3O2. The molecule has 0 aliphatic carbocycles. The molecule has 104 valence electrons. The van der Waals surface area contributed by atoms with Crippen molar-refractivity contribution in [3.05, 3.63) is 11.7 Å². The average molecular weight is 255 g/mol. The molecule has 18 heavy (non-hydrogen) atoms. The van der Waals surface area contributed by atoms with Gasteiger partial charge in [-0.3, -0.25) is 0 Å². The molecule has 0 amide bonds. The second-order valence-electron chi connectivity index (χ2n) is 5.89. The summed E-state index contributed by atoms with van der Waals surface area (Å²) in [6, 6.07) is 0.0508. The standard InChI is InChI=1S/C13H25N3O2/c1-5-6-17-9-11-15-12(18-16-11)7-10(14)8-13(2,3)4/h10H,5-9,14H2,1-4H3. The molecule has 2 N–H and O–H groups in total. The van der Waals surface area contributed by atoms with Crippen LogP contribution in [-0.4, -0.2) is 22.8 Å². The number of ether oxygens (including phenoxy) is 1. The monoisotopic (exact) mass is 255 g/mol. The summed E-state index contributed by atoms with van der Waals surface area (Å²) in [6.07, 6.45) is 2.54. The van der Waals surface area contributed by atoms with E-state index < -0.39 is 0 Å². The summed E-state index contributed by atoms with van der Waals surface area (Å²) >= 11 is 0. The van der Waals surface area contributed by atoms with Crippen molar-refractivity contribution in [1.82, 2.24) is 10.1 Å². The molecule has 0 bridgehead atoms. The van der Waals surface area contributed by atoms with Gasteiger partial charge in [-0.1, -0.05) is 32.9 Å². The van der Waals surface area contributed by atoms with Crippen molar-refractivity contribution in [2.24, 2.45) is 11.1 Å². The van der Waals surface area contributed by atoms with Crippen LogP contribution in [0.5, 0.6) is 0 Å². The molecule has 0 fully saturated rings. The zero-order valence-corrected chi connectivity index (χ0v) is 11.9. The quantitative estimate of drug-likeness (QED) is 0.757. The van der Waals surface area contributed by atoms with Crippen LogP contribution >= 0.6 is 0 Å². The van der Waals surface area contributed by atoms with Gasteiger partial charge in [0.15, 0.2) is 5.82 Å². The average Bonchev–Trinajstić information content (AvgIpc) is 2.63. The summed E-state index contributed by atoms with van der Waals surface area (Å²) in [5.41, 5.74) is 6.28. The minimum Gasteiger partial charge on any atom is -0.373 e. The van der Waals surface area contributed by atoms with Gasteiger partial charge in [0.1, 0.15) is 6.61 Å². The third kappa shape index (κ3) is 6.12. The largest absolute Gasteiger partial charge is 0.373 e. The zero-order chi connectivity index (χ0) is 13.6. The molecule has 1 aromatic heterocycles. The van der Waals surface area contributed by atoms with E-state index in [0.29, 0.717) is 31.3 Å². The van der Waals surface area contributed by atoms with Crippen molar-refractivity contribution in [3.8, 4) is 0 Å². The van der Waals surface area contributed by atoms with Crippen molar-refractivity contribution in [1.29, 1.82) is 0 Å². The van der Waals surface area contributed by atoms with Gasteiger partial charge >= 0.3 is 0 Å². The minimum atomic E-state index is 0.0508. The molecule has 5 nitrogen and oxygen atoms in total. The maximum atomic E-state index is 6.06. The highest BCUT2D eigenvalue weighted by Gasteiger charge is 2.18. The van der Waals surface area contributed by atoms with E-state index in [-0.39, 0.29) is 11.5 Å². The third-order valence-electron chi connectivity index (χ3n) is 2.40. The first-order chi connectivity index (χ1) is 8.40. The number of aromatic nitrogens is 2. The first-order valence-electron chi connectivity index (χ1n) is 6.55. The summed E-state index contributed by atoms with van der Waals surface area (Å²) in [6.45, 7) is 9.70. The van der Waals surface area contributed by atoms with Crippen LogP contribution in [0.15, 0.2) is 4.52 Å². The van der Waals surface area contributed by atoms with Gasteiger partial charge in [0.2, 0.25) is 5.89 Å². The van der Waals surface area contributed by atoms with E-state index in [9.17, 15) is 0 Å². The van der Waals surface area contributed by atoms with E-state index in [1.54, 1.807) is 0 Å². The Morgan fingerprint density at radius 2 is 2.11 bits per heavy atom. The molecule has 0 aliphatic heterocycles. The molecule has 1 rings (SSSR count). The molecule has 1 atom stereocenters. The molecule has 5 heteroatoms. The number of nitrogens with two attached hydrogens (primary N) is 1. The summed E-state index contributed by atoms with van der Waals surface area (Å²) in [4.78, 5) is 4.27. The van der Waals surface area contributed by atoms with Crippen LogP contribution in [0.2, 0.25) is 0 Å². The Balaban J connectivity index is 2.38. The molecule has 1 aromatic rings. The first kappa shape index (κ1) is 15.1. The van der Waals surface area contributed by atoms with Crippen LogP contribution in [-0.2, 0) is 17.8 Å². The molecule has 1 unspecified atom stereocenters. The molecule has 1 heterocycles.